The number of rotatable bonds is 3. The minimum absolute atomic E-state index is 0.0635. The smallest absolute Gasteiger partial charge is 0.410 e. The molecule has 0 spiro atoms. The largest absolute Gasteiger partial charge is 0.487 e. The van der Waals surface area contributed by atoms with Crippen molar-refractivity contribution in [2.45, 2.75) is 51.4 Å². The number of imide groups is 2. The molecule has 0 aliphatic carbocycles. The van der Waals surface area contributed by atoms with Crippen LogP contribution in [0.4, 0.5) is 4.79 Å². The minimum atomic E-state index is -1.01. The highest BCUT2D eigenvalue weighted by Gasteiger charge is 2.45. The van der Waals surface area contributed by atoms with Gasteiger partial charge in [-0.3, -0.25) is 29.4 Å². The van der Waals surface area contributed by atoms with Gasteiger partial charge in [0.15, 0.2) is 0 Å². The Labute approximate surface area is 178 Å². The lowest BCUT2D eigenvalue weighted by atomic mass is 10.0. The molecule has 5 amide bonds. The highest BCUT2D eigenvalue weighted by atomic mass is 16.6. The van der Waals surface area contributed by atoms with Crippen LogP contribution in [-0.2, 0) is 14.3 Å². The Morgan fingerprint density at radius 1 is 1.06 bits per heavy atom. The molecule has 2 saturated heterocycles. The highest BCUT2D eigenvalue weighted by Crippen LogP contribution is 2.31. The molecular formula is C21H23N3O7. The summed E-state index contributed by atoms with van der Waals surface area (Å²) in [5, 5.41) is 2.16. The van der Waals surface area contributed by atoms with Crippen molar-refractivity contribution in [3.05, 3.63) is 29.3 Å². The van der Waals surface area contributed by atoms with Gasteiger partial charge in [0.2, 0.25) is 11.8 Å². The van der Waals surface area contributed by atoms with Gasteiger partial charge in [-0.15, -0.1) is 0 Å². The monoisotopic (exact) mass is 429 g/mol. The van der Waals surface area contributed by atoms with Crippen LogP contribution in [0.5, 0.6) is 5.75 Å². The molecule has 0 radical (unpaired) electrons. The zero-order chi connectivity index (χ0) is 22.5. The van der Waals surface area contributed by atoms with E-state index in [0.29, 0.717) is 18.8 Å². The van der Waals surface area contributed by atoms with Gasteiger partial charge >= 0.3 is 6.09 Å². The normalized spacial score (nSPS) is 21.6. The minimum Gasteiger partial charge on any atom is -0.487 e. The van der Waals surface area contributed by atoms with Gasteiger partial charge in [-0.1, -0.05) is 0 Å². The van der Waals surface area contributed by atoms with Crippen molar-refractivity contribution >= 4 is 29.7 Å². The van der Waals surface area contributed by atoms with Crippen LogP contribution >= 0.6 is 0 Å². The summed E-state index contributed by atoms with van der Waals surface area (Å²) in [6.07, 6.45) is -0.512. The van der Waals surface area contributed by atoms with Crippen molar-refractivity contribution in [2.24, 2.45) is 0 Å². The summed E-state index contributed by atoms with van der Waals surface area (Å²) in [5.41, 5.74) is -0.244. The molecule has 31 heavy (non-hydrogen) atoms. The summed E-state index contributed by atoms with van der Waals surface area (Å²) in [6.45, 7) is 6.07. The predicted octanol–water partition coefficient (Wildman–Crippen LogP) is 1.09. The average Bonchev–Trinajstić information content (AvgIpc) is 2.87. The first-order valence-corrected chi connectivity index (χ1v) is 10.0. The second kappa shape index (κ2) is 7.36. The van der Waals surface area contributed by atoms with Crippen LogP contribution < -0.4 is 10.1 Å². The van der Waals surface area contributed by atoms with Crippen molar-refractivity contribution in [1.29, 1.82) is 0 Å². The fourth-order valence-electron chi connectivity index (χ4n) is 3.70. The number of piperidine rings is 1. The molecule has 1 aromatic rings. The number of amides is 5. The topological polar surface area (TPSA) is 122 Å². The molecular weight excluding hydrogens is 406 g/mol. The summed E-state index contributed by atoms with van der Waals surface area (Å²) in [4.78, 5) is 63.5. The molecule has 164 valence electrons. The molecule has 3 heterocycles. The van der Waals surface area contributed by atoms with Gasteiger partial charge in [0, 0.05) is 6.42 Å². The quantitative estimate of drug-likeness (QED) is 0.714. The van der Waals surface area contributed by atoms with Crippen LogP contribution in [0.1, 0.15) is 54.3 Å². The third-order valence-electron chi connectivity index (χ3n) is 5.21. The van der Waals surface area contributed by atoms with Crippen molar-refractivity contribution in [2.75, 3.05) is 13.1 Å². The van der Waals surface area contributed by atoms with Crippen molar-refractivity contribution in [3.63, 3.8) is 0 Å². The van der Waals surface area contributed by atoms with Crippen LogP contribution in [0.15, 0.2) is 18.2 Å². The number of likely N-dealkylation sites (tertiary alicyclic amines) is 1. The standard InChI is InChI=1S/C21H23N3O7/c1-21(2,3)31-20(29)23-9-12(10-23)30-11-4-5-13-14(8-11)19(28)24(18(13)27)15-6-7-16(25)22-17(15)26/h4-5,8,12,15H,6-7,9-10H2,1-3H3,(H,22,25,26). The van der Waals surface area contributed by atoms with E-state index in [1.807, 2.05) is 0 Å². The molecule has 4 rings (SSSR count). The number of nitrogens with zero attached hydrogens (tertiary/aromatic N) is 2. The lowest BCUT2D eigenvalue weighted by Gasteiger charge is -2.39. The number of ether oxygens (including phenoxy) is 2. The number of carbonyl (C=O) groups excluding carboxylic acids is 5. The summed E-state index contributed by atoms with van der Waals surface area (Å²) in [7, 11) is 0. The summed E-state index contributed by atoms with van der Waals surface area (Å²) < 4.78 is 11.1. The van der Waals surface area contributed by atoms with Crippen molar-refractivity contribution in [3.8, 4) is 5.75 Å². The maximum Gasteiger partial charge on any atom is 0.410 e. The molecule has 1 unspecified atom stereocenters. The second-order valence-electron chi connectivity index (χ2n) is 8.78. The van der Waals surface area contributed by atoms with E-state index >= 15 is 0 Å². The van der Waals surface area contributed by atoms with Gasteiger partial charge in [-0.25, -0.2) is 4.79 Å². The molecule has 0 bridgehead atoms. The molecule has 3 aliphatic rings. The Balaban J connectivity index is 1.41. The van der Waals surface area contributed by atoms with E-state index in [0.717, 1.165) is 4.90 Å². The van der Waals surface area contributed by atoms with E-state index in [1.165, 1.54) is 17.0 Å². The van der Waals surface area contributed by atoms with E-state index in [1.54, 1.807) is 26.8 Å². The SMILES string of the molecule is CC(C)(C)OC(=O)N1CC(Oc2ccc3c(c2)C(=O)N(C2CCC(=O)NC2=O)C3=O)C1. The summed E-state index contributed by atoms with van der Waals surface area (Å²) in [5.74, 6) is -1.85. The zero-order valence-electron chi connectivity index (χ0n) is 17.5. The lowest BCUT2D eigenvalue weighted by Crippen LogP contribution is -2.57. The molecule has 10 nitrogen and oxygen atoms in total. The molecule has 2 fully saturated rings. The third-order valence-corrected chi connectivity index (χ3v) is 5.21. The van der Waals surface area contributed by atoms with Crippen LogP contribution in [-0.4, -0.2) is 70.4 Å². The third kappa shape index (κ3) is 3.97. The first kappa shape index (κ1) is 20.8. The number of carbonyl (C=O) groups is 5. The van der Waals surface area contributed by atoms with Gasteiger partial charge in [0.1, 0.15) is 23.5 Å². The highest BCUT2D eigenvalue weighted by molar-refractivity contribution is 6.23. The number of hydrogen-bond donors (Lipinski definition) is 1. The number of nitrogens with one attached hydrogen (secondary N) is 1. The Morgan fingerprint density at radius 3 is 2.39 bits per heavy atom. The second-order valence-corrected chi connectivity index (χ2v) is 8.78. The van der Waals surface area contributed by atoms with Gasteiger partial charge in [-0.2, -0.15) is 0 Å². The van der Waals surface area contributed by atoms with Crippen LogP contribution in [0, 0.1) is 0 Å². The maximum atomic E-state index is 12.8. The van der Waals surface area contributed by atoms with Gasteiger partial charge in [-0.05, 0) is 45.4 Å². The number of benzene rings is 1. The fraction of sp³-hybridized carbons (Fsp3) is 0.476. The van der Waals surface area contributed by atoms with Crippen molar-refractivity contribution < 1.29 is 33.4 Å². The molecule has 0 aromatic heterocycles. The van der Waals surface area contributed by atoms with E-state index in [2.05, 4.69) is 5.32 Å². The van der Waals surface area contributed by atoms with Gasteiger partial charge < -0.3 is 14.4 Å². The lowest BCUT2D eigenvalue weighted by molar-refractivity contribution is -0.136. The molecule has 0 saturated carbocycles. The van der Waals surface area contributed by atoms with E-state index in [9.17, 15) is 24.0 Å². The molecule has 1 aromatic carbocycles. The Morgan fingerprint density at radius 2 is 1.74 bits per heavy atom. The van der Waals surface area contributed by atoms with Crippen molar-refractivity contribution in [1.82, 2.24) is 15.1 Å². The van der Waals surface area contributed by atoms with Crippen LogP contribution in [0.2, 0.25) is 0 Å². The van der Waals surface area contributed by atoms with E-state index in [-0.39, 0.29) is 30.1 Å². The van der Waals surface area contributed by atoms with E-state index < -0.39 is 41.4 Å². The molecule has 3 aliphatic heterocycles. The molecule has 10 heteroatoms. The maximum absolute atomic E-state index is 12.8. The fourth-order valence-corrected chi connectivity index (χ4v) is 3.70. The van der Waals surface area contributed by atoms with Crippen LogP contribution in [0.25, 0.3) is 0 Å². The molecule has 1 atom stereocenters. The predicted molar refractivity (Wildman–Crippen MR) is 105 cm³/mol. The van der Waals surface area contributed by atoms with E-state index in [4.69, 9.17) is 9.47 Å². The molecule has 1 N–H and O–H groups in total. The number of fused-ring (bicyclic) bond motifs is 1. The van der Waals surface area contributed by atoms with Gasteiger partial charge in [0.25, 0.3) is 11.8 Å². The first-order chi connectivity index (χ1) is 14.5. The van der Waals surface area contributed by atoms with Gasteiger partial charge in [0.05, 0.1) is 24.2 Å². The zero-order valence-corrected chi connectivity index (χ0v) is 17.5. The average molecular weight is 429 g/mol. The summed E-state index contributed by atoms with van der Waals surface area (Å²) in [6, 6.07) is 3.52. The Bertz CT molecular complexity index is 991. The Kier molecular flexibility index (Phi) is 4.95. The number of hydrogen-bond acceptors (Lipinski definition) is 7. The first-order valence-electron chi connectivity index (χ1n) is 10.0. The summed E-state index contributed by atoms with van der Waals surface area (Å²) >= 11 is 0. The van der Waals surface area contributed by atoms with Crippen LogP contribution in [0.3, 0.4) is 0 Å². The Hall–Kier alpha value is -3.43.